The van der Waals surface area contributed by atoms with Gasteiger partial charge in [0.2, 0.25) is 0 Å². The molecule has 188 valence electrons. The molecule has 0 spiro atoms. The SMILES string of the molecule is C=Cc1c2c(n(-c3cccc(-c4cccc(-n5c6c(c7ccccc75)C=CCC=C6)c4)c3)c1/C=C\C)C=CC2. The summed E-state index contributed by atoms with van der Waals surface area (Å²) in [4.78, 5) is 0. The molecule has 0 amide bonds. The third-order valence-electron chi connectivity index (χ3n) is 7.84. The van der Waals surface area contributed by atoms with Gasteiger partial charge in [0.25, 0.3) is 0 Å². The smallest absolute Gasteiger partial charge is 0.0541 e. The van der Waals surface area contributed by atoms with Gasteiger partial charge in [0.05, 0.1) is 22.6 Å². The van der Waals surface area contributed by atoms with Gasteiger partial charge in [-0.3, -0.25) is 0 Å². The van der Waals surface area contributed by atoms with E-state index in [0.717, 1.165) is 18.5 Å². The van der Waals surface area contributed by atoms with Crippen molar-refractivity contribution in [3.05, 3.63) is 137 Å². The molecule has 39 heavy (non-hydrogen) atoms. The molecule has 2 heterocycles. The van der Waals surface area contributed by atoms with Crippen LogP contribution in [0.1, 0.15) is 47.1 Å². The van der Waals surface area contributed by atoms with Gasteiger partial charge in [-0.05, 0) is 85.0 Å². The van der Waals surface area contributed by atoms with Gasteiger partial charge in [0.1, 0.15) is 0 Å². The van der Waals surface area contributed by atoms with Gasteiger partial charge >= 0.3 is 0 Å². The van der Waals surface area contributed by atoms with Gasteiger partial charge in [-0.25, -0.2) is 0 Å². The number of nitrogens with zero attached hydrogens (tertiary/aromatic N) is 2. The number of para-hydroxylation sites is 1. The maximum atomic E-state index is 4.13. The van der Waals surface area contributed by atoms with Crippen LogP contribution in [0.2, 0.25) is 0 Å². The Labute approximate surface area is 229 Å². The molecule has 2 heteroatoms. The zero-order valence-corrected chi connectivity index (χ0v) is 22.1. The van der Waals surface area contributed by atoms with Gasteiger partial charge in [-0.15, -0.1) is 0 Å². The van der Waals surface area contributed by atoms with Crippen molar-refractivity contribution in [2.24, 2.45) is 0 Å². The quantitative estimate of drug-likeness (QED) is 0.226. The van der Waals surface area contributed by atoms with E-state index in [1.54, 1.807) is 0 Å². The molecule has 0 unspecified atom stereocenters. The normalized spacial score (nSPS) is 13.8. The van der Waals surface area contributed by atoms with Crippen LogP contribution in [0.15, 0.2) is 104 Å². The minimum atomic E-state index is 0.953. The van der Waals surface area contributed by atoms with Crippen LogP contribution in [0.4, 0.5) is 0 Å². The van der Waals surface area contributed by atoms with Crippen LogP contribution in [0, 0.1) is 0 Å². The highest BCUT2D eigenvalue weighted by Gasteiger charge is 2.22. The maximum absolute atomic E-state index is 4.13. The molecule has 2 nitrogen and oxygen atoms in total. The second-order valence-corrected chi connectivity index (χ2v) is 10.1. The van der Waals surface area contributed by atoms with Crippen molar-refractivity contribution in [2.75, 3.05) is 0 Å². The Morgan fingerprint density at radius 1 is 0.744 bits per heavy atom. The maximum Gasteiger partial charge on any atom is 0.0541 e. The predicted molar refractivity (Wildman–Crippen MR) is 168 cm³/mol. The van der Waals surface area contributed by atoms with Crippen molar-refractivity contribution in [3.8, 4) is 22.5 Å². The van der Waals surface area contributed by atoms with Crippen LogP contribution in [-0.2, 0) is 6.42 Å². The molecule has 0 fully saturated rings. The lowest BCUT2D eigenvalue weighted by Crippen LogP contribution is -2.00. The molecule has 3 aromatic carbocycles. The number of hydrogen-bond acceptors (Lipinski definition) is 0. The molecule has 2 aliphatic carbocycles. The molecular weight excluding hydrogens is 472 g/mol. The molecule has 0 aliphatic heterocycles. The van der Waals surface area contributed by atoms with E-state index in [0.29, 0.717) is 0 Å². The zero-order chi connectivity index (χ0) is 26.3. The van der Waals surface area contributed by atoms with Gasteiger partial charge in [-0.1, -0.05) is 85.5 Å². The van der Waals surface area contributed by atoms with Crippen molar-refractivity contribution >= 4 is 41.3 Å². The number of aromatic nitrogens is 2. The predicted octanol–water partition coefficient (Wildman–Crippen LogP) is 9.76. The van der Waals surface area contributed by atoms with Gasteiger partial charge in [-0.2, -0.15) is 0 Å². The average Bonchev–Trinajstić information content (AvgIpc) is 3.58. The molecular formula is C37H30N2. The molecule has 7 rings (SSSR count). The van der Waals surface area contributed by atoms with Crippen LogP contribution in [-0.4, -0.2) is 9.13 Å². The summed E-state index contributed by atoms with van der Waals surface area (Å²) >= 11 is 0. The molecule has 0 atom stereocenters. The van der Waals surface area contributed by atoms with E-state index in [4.69, 9.17) is 0 Å². The molecule has 0 bridgehead atoms. The fourth-order valence-corrected chi connectivity index (χ4v) is 6.18. The van der Waals surface area contributed by atoms with Crippen LogP contribution in [0.25, 0.3) is 63.8 Å². The van der Waals surface area contributed by atoms with Crippen LogP contribution >= 0.6 is 0 Å². The fraction of sp³-hybridized carbons (Fsp3) is 0.0811. The Kier molecular flexibility index (Phi) is 5.67. The molecule has 0 saturated heterocycles. The Morgan fingerprint density at radius 3 is 2.23 bits per heavy atom. The van der Waals surface area contributed by atoms with Crippen molar-refractivity contribution < 1.29 is 0 Å². The van der Waals surface area contributed by atoms with E-state index in [1.165, 1.54) is 61.5 Å². The number of rotatable bonds is 5. The lowest BCUT2D eigenvalue weighted by atomic mass is 10.0. The van der Waals surface area contributed by atoms with Crippen molar-refractivity contribution in [1.82, 2.24) is 9.13 Å². The fourth-order valence-electron chi connectivity index (χ4n) is 6.18. The van der Waals surface area contributed by atoms with Crippen molar-refractivity contribution in [2.45, 2.75) is 19.8 Å². The van der Waals surface area contributed by atoms with Crippen LogP contribution < -0.4 is 0 Å². The number of fused-ring (bicyclic) bond motifs is 4. The highest BCUT2D eigenvalue weighted by molar-refractivity contribution is 5.96. The van der Waals surface area contributed by atoms with E-state index < -0.39 is 0 Å². The van der Waals surface area contributed by atoms with Crippen molar-refractivity contribution in [3.63, 3.8) is 0 Å². The summed E-state index contributed by atoms with van der Waals surface area (Å²) in [5.74, 6) is 0. The number of hydrogen-bond donors (Lipinski definition) is 0. The standard InChI is InChI=1S/C37H30N2/c1-3-13-34-30(4-2)31-20-12-23-37(31)38(34)28-16-10-14-26(24-28)27-15-11-17-29(25-27)39-35-21-7-5-6-18-32(35)33-19-8-9-22-36(33)39/h3-4,6-19,21-25H,2,5,20H2,1H3/b13-3-. The molecule has 0 N–H and O–H groups in total. The molecule has 5 aromatic rings. The highest BCUT2D eigenvalue weighted by Crippen LogP contribution is 2.37. The van der Waals surface area contributed by atoms with E-state index in [1.807, 2.05) is 6.08 Å². The summed E-state index contributed by atoms with van der Waals surface area (Å²) < 4.78 is 4.77. The van der Waals surface area contributed by atoms with Crippen molar-refractivity contribution in [1.29, 1.82) is 0 Å². The Bertz CT molecular complexity index is 1880. The topological polar surface area (TPSA) is 9.86 Å². The van der Waals surface area contributed by atoms with E-state index in [9.17, 15) is 0 Å². The third-order valence-corrected chi connectivity index (χ3v) is 7.84. The van der Waals surface area contributed by atoms with Gasteiger partial charge in [0, 0.05) is 27.9 Å². The van der Waals surface area contributed by atoms with Gasteiger partial charge in [0.15, 0.2) is 0 Å². The first-order chi connectivity index (χ1) is 19.3. The average molecular weight is 503 g/mol. The van der Waals surface area contributed by atoms with E-state index >= 15 is 0 Å². The Balaban J connectivity index is 1.38. The first-order valence-electron chi connectivity index (χ1n) is 13.7. The summed E-state index contributed by atoms with van der Waals surface area (Å²) in [6, 6.07) is 26.5. The summed E-state index contributed by atoms with van der Waals surface area (Å²) in [6.07, 6.45) is 21.7. The Hall–Kier alpha value is -4.82. The highest BCUT2D eigenvalue weighted by atomic mass is 15.0. The van der Waals surface area contributed by atoms with Gasteiger partial charge < -0.3 is 9.13 Å². The summed E-state index contributed by atoms with van der Waals surface area (Å²) in [7, 11) is 0. The second kappa shape index (κ2) is 9.49. The van der Waals surface area contributed by atoms with Crippen LogP contribution in [0.5, 0.6) is 0 Å². The van der Waals surface area contributed by atoms with E-state index in [-0.39, 0.29) is 0 Å². The summed E-state index contributed by atoms with van der Waals surface area (Å²) in [5, 5.41) is 1.28. The first kappa shape index (κ1) is 23.3. The second-order valence-electron chi connectivity index (χ2n) is 10.1. The minimum Gasteiger partial charge on any atom is -0.310 e. The largest absolute Gasteiger partial charge is 0.310 e. The molecule has 2 aliphatic rings. The molecule has 0 saturated carbocycles. The summed E-state index contributed by atoms with van der Waals surface area (Å²) in [5.41, 5.74) is 13.5. The van der Waals surface area contributed by atoms with E-state index in [2.05, 4.69) is 144 Å². The lowest BCUT2D eigenvalue weighted by molar-refractivity contribution is 1.04. The third kappa shape index (κ3) is 3.72. The van der Waals surface area contributed by atoms with Crippen LogP contribution in [0.3, 0.4) is 0 Å². The number of benzene rings is 3. The molecule has 0 radical (unpaired) electrons. The number of allylic oxidation sites excluding steroid dienone is 4. The first-order valence-corrected chi connectivity index (χ1v) is 13.7. The minimum absolute atomic E-state index is 0.953. The zero-order valence-electron chi connectivity index (χ0n) is 22.1. The summed E-state index contributed by atoms with van der Waals surface area (Å²) in [6.45, 7) is 6.20. The monoisotopic (exact) mass is 502 g/mol. The Morgan fingerprint density at radius 2 is 1.46 bits per heavy atom. The molecule has 2 aromatic heterocycles. The lowest BCUT2D eigenvalue weighted by Gasteiger charge is -2.14.